The molecule has 0 rings (SSSR count). The van der Waals surface area contributed by atoms with Gasteiger partial charge < -0.3 is 0 Å². The second-order valence-corrected chi connectivity index (χ2v) is 4.24. The van der Waals surface area contributed by atoms with Crippen LogP contribution in [0.1, 0.15) is 46.0 Å². The maximum absolute atomic E-state index is 3.79. The molecule has 0 atom stereocenters. The van der Waals surface area contributed by atoms with Gasteiger partial charge in [-0.1, -0.05) is 31.2 Å². The first-order valence-corrected chi connectivity index (χ1v) is 5.51. The second kappa shape index (κ2) is 7.61. The first kappa shape index (κ1) is 13.2. The average molecular weight is 192 g/mol. The Morgan fingerprint density at radius 2 is 1.57 bits per heavy atom. The monoisotopic (exact) mass is 192 g/mol. The summed E-state index contributed by atoms with van der Waals surface area (Å²) >= 11 is 0. The summed E-state index contributed by atoms with van der Waals surface area (Å²) in [6.07, 6.45) is 14.3. The van der Waals surface area contributed by atoms with Crippen molar-refractivity contribution in [2.45, 2.75) is 46.0 Å². The van der Waals surface area contributed by atoms with Crippen LogP contribution in [-0.4, -0.2) is 0 Å². The van der Waals surface area contributed by atoms with Gasteiger partial charge in [-0.2, -0.15) is 0 Å². The Morgan fingerprint density at radius 3 is 1.93 bits per heavy atom. The summed E-state index contributed by atoms with van der Waals surface area (Å²) in [6.45, 7) is 12.0. The third-order valence-corrected chi connectivity index (χ3v) is 2.75. The Kier molecular flexibility index (Phi) is 7.18. The van der Waals surface area contributed by atoms with Crippen LogP contribution >= 0.6 is 0 Å². The van der Waals surface area contributed by atoms with Crippen LogP contribution in [0.25, 0.3) is 0 Å². The van der Waals surface area contributed by atoms with E-state index in [0.29, 0.717) is 5.41 Å². The van der Waals surface area contributed by atoms with Gasteiger partial charge in [0.2, 0.25) is 0 Å². The molecule has 0 saturated carbocycles. The summed E-state index contributed by atoms with van der Waals surface area (Å²) in [4.78, 5) is 0. The standard InChI is InChI=1S/C14H24/c1-5-8-11-14(4,12-9-6-2)13-10-7-3/h5-7,10H,1-2,8-9,11-13H2,3-4H3/b10-7+. The lowest BCUT2D eigenvalue weighted by molar-refractivity contribution is 0.280. The number of rotatable bonds is 8. The molecule has 0 aromatic carbocycles. The lowest BCUT2D eigenvalue weighted by Crippen LogP contribution is -2.14. The molecule has 0 amide bonds. The highest BCUT2D eigenvalue weighted by Crippen LogP contribution is 2.33. The lowest BCUT2D eigenvalue weighted by Gasteiger charge is -2.27. The van der Waals surface area contributed by atoms with Gasteiger partial charge in [0.15, 0.2) is 0 Å². The molecule has 0 aliphatic carbocycles. The van der Waals surface area contributed by atoms with Crippen LogP contribution in [0.2, 0.25) is 0 Å². The van der Waals surface area contributed by atoms with Crippen LogP contribution < -0.4 is 0 Å². The van der Waals surface area contributed by atoms with Gasteiger partial charge in [-0.15, -0.1) is 13.2 Å². The van der Waals surface area contributed by atoms with E-state index in [1.807, 2.05) is 12.2 Å². The molecule has 0 unspecified atom stereocenters. The van der Waals surface area contributed by atoms with Crippen LogP contribution in [0, 0.1) is 5.41 Å². The zero-order valence-corrected chi connectivity index (χ0v) is 9.76. The quantitative estimate of drug-likeness (QED) is 0.480. The van der Waals surface area contributed by atoms with Crippen molar-refractivity contribution in [2.24, 2.45) is 5.41 Å². The third-order valence-electron chi connectivity index (χ3n) is 2.75. The maximum Gasteiger partial charge on any atom is -0.0285 e. The summed E-state index contributed by atoms with van der Waals surface area (Å²) in [5.41, 5.74) is 0.425. The third kappa shape index (κ3) is 5.80. The Labute approximate surface area is 89.4 Å². The van der Waals surface area contributed by atoms with Crippen molar-refractivity contribution in [3.63, 3.8) is 0 Å². The van der Waals surface area contributed by atoms with Crippen molar-refractivity contribution in [3.8, 4) is 0 Å². The minimum Gasteiger partial charge on any atom is -0.103 e. The first-order valence-electron chi connectivity index (χ1n) is 5.51. The molecule has 0 bridgehead atoms. The van der Waals surface area contributed by atoms with Crippen LogP contribution in [0.15, 0.2) is 37.5 Å². The van der Waals surface area contributed by atoms with Gasteiger partial charge in [0, 0.05) is 0 Å². The lowest BCUT2D eigenvalue weighted by atomic mass is 9.78. The van der Waals surface area contributed by atoms with Crippen molar-refractivity contribution >= 4 is 0 Å². The number of hydrogen-bond donors (Lipinski definition) is 0. The predicted octanol–water partition coefficient (Wildman–Crippen LogP) is 4.89. The van der Waals surface area contributed by atoms with Gasteiger partial charge in [0.1, 0.15) is 0 Å². The Hall–Kier alpha value is -0.780. The van der Waals surface area contributed by atoms with E-state index < -0.39 is 0 Å². The molecular weight excluding hydrogens is 168 g/mol. The molecule has 0 heteroatoms. The molecular formula is C14H24. The molecule has 0 aliphatic heterocycles. The van der Waals surface area contributed by atoms with Crippen molar-refractivity contribution in [1.29, 1.82) is 0 Å². The first-order chi connectivity index (χ1) is 6.68. The fourth-order valence-electron chi connectivity index (χ4n) is 1.63. The van der Waals surface area contributed by atoms with E-state index in [1.165, 1.54) is 19.3 Å². The van der Waals surface area contributed by atoms with E-state index in [9.17, 15) is 0 Å². The van der Waals surface area contributed by atoms with Crippen LogP contribution in [0.3, 0.4) is 0 Å². The van der Waals surface area contributed by atoms with Crippen molar-refractivity contribution in [3.05, 3.63) is 37.5 Å². The summed E-state index contributed by atoms with van der Waals surface area (Å²) in [6, 6.07) is 0. The predicted molar refractivity (Wildman–Crippen MR) is 66.4 cm³/mol. The van der Waals surface area contributed by atoms with E-state index in [2.05, 4.69) is 39.2 Å². The molecule has 0 nitrogen and oxygen atoms in total. The molecule has 80 valence electrons. The van der Waals surface area contributed by atoms with Gasteiger partial charge in [-0.05, 0) is 44.4 Å². The molecule has 0 fully saturated rings. The van der Waals surface area contributed by atoms with Gasteiger partial charge in [0.25, 0.3) is 0 Å². The zero-order valence-electron chi connectivity index (χ0n) is 9.76. The molecule has 0 N–H and O–H groups in total. The fraction of sp³-hybridized carbons (Fsp3) is 0.571. The molecule has 0 spiro atoms. The van der Waals surface area contributed by atoms with E-state index in [4.69, 9.17) is 0 Å². The molecule has 0 aromatic heterocycles. The largest absolute Gasteiger partial charge is 0.103 e. The Morgan fingerprint density at radius 1 is 1.07 bits per heavy atom. The van der Waals surface area contributed by atoms with Crippen LogP contribution in [-0.2, 0) is 0 Å². The molecule has 14 heavy (non-hydrogen) atoms. The van der Waals surface area contributed by atoms with E-state index in [0.717, 1.165) is 12.8 Å². The van der Waals surface area contributed by atoms with Crippen molar-refractivity contribution in [2.75, 3.05) is 0 Å². The smallest absolute Gasteiger partial charge is 0.0285 e. The van der Waals surface area contributed by atoms with Gasteiger partial charge in [-0.25, -0.2) is 0 Å². The summed E-state index contributed by atoms with van der Waals surface area (Å²) in [7, 11) is 0. The zero-order chi connectivity index (χ0) is 10.9. The minimum atomic E-state index is 0.425. The Bertz CT molecular complexity index is 174. The van der Waals surface area contributed by atoms with Gasteiger partial charge in [-0.3, -0.25) is 0 Å². The topological polar surface area (TPSA) is 0 Å². The summed E-state index contributed by atoms with van der Waals surface area (Å²) in [5.74, 6) is 0. The fourth-order valence-corrected chi connectivity index (χ4v) is 1.63. The van der Waals surface area contributed by atoms with E-state index in [1.54, 1.807) is 0 Å². The molecule has 0 radical (unpaired) electrons. The molecule has 0 aliphatic rings. The molecule has 0 saturated heterocycles. The van der Waals surface area contributed by atoms with Gasteiger partial charge in [0.05, 0.1) is 0 Å². The maximum atomic E-state index is 3.79. The summed E-state index contributed by atoms with van der Waals surface area (Å²) < 4.78 is 0. The van der Waals surface area contributed by atoms with Crippen molar-refractivity contribution < 1.29 is 0 Å². The number of hydrogen-bond acceptors (Lipinski definition) is 0. The molecule has 0 heterocycles. The van der Waals surface area contributed by atoms with Crippen molar-refractivity contribution in [1.82, 2.24) is 0 Å². The SMILES string of the molecule is C=CCCC(C)(C/C=C/C)CCC=C. The Balaban J connectivity index is 4.14. The highest BCUT2D eigenvalue weighted by Gasteiger charge is 2.20. The van der Waals surface area contributed by atoms with Crippen LogP contribution in [0.5, 0.6) is 0 Å². The summed E-state index contributed by atoms with van der Waals surface area (Å²) in [5, 5.41) is 0. The highest BCUT2D eigenvalue weighted by atomic mass is 14.3. The van der Waals surface area contributed by atoms with E-state index in [-0.39, 0.29) is 0 Å². The molecule has 0 aromatic rings. The number of allylic oxidation sites excluding steroid dienone is 4. The van der Waals surface area contributed by atoms with Gasteiger partial charge >= 0.3 is 0 Å². The normalized spacial score (nSPS) is 11.9. The highest BCUT2D eigenvalue weighted by molar-refractivity contribution is 4.89. The van der Waals surface area contributed by atoms with Crippen LogP contribution in [0.4, 0.5) is 0 Å². The second-order valence-electron chi connectivity index (χ2n) is 4.24. The minimum absolute atomic E-state index is 0.425. The average Bonchev–Trinajstić information content (AvgIpc) is 2.21. The van der Waals surface area contributed by atoms with E-state index >= 15 is 0 Å².